The Hall–Kier alpha value is 0.530. The molecule has 5 atom stereocenters. The lowest BCUT2D eigenvalue weighted by atomic mass is 10.0. The number of ether oxygens (including phenoxy) is 5. The van der Waals surface area contributed by atoms with Gasteiger partial charge in [-0.15, -0.1) is 0 Å². The van der Waals surface area contributed by atoms with Gasteiger partial charge in [-0.2, -0.15) is 0 Å². The van der Waals surface area contributed by atoms with Gasteiger partial charge in [0.15, 0.2) is 17.9 Å². The molecule has 0 N–H and O–H groups in total. The lowest BCUT2D eigenvalue weighted by molar-refractivity contribution is -0.227. The fourth-order valence-electron chi connectivity index (χ4n) is 2.82. The summed E-state index contributed by atoms with van der Waals surface area (Å²) in [5, 5.41) is 0. The third-order valence-corrected chi connectivity index (χ3v) is 4.27. The van der Waals surface area contributed by atoms with Crippen molar-refractivity contribution in [1.82, 2.24) is 0 Å². The highest BCUT2D eigenvalue weighted by molar-refractivity contribution is 14.1. The van der Waals surface area contributed by atoms with Crippen LogP contribution in [-0.2, 0) is 23.7 Å². The van der Waals surface area contributed by atoms with Crippen LogP contribution in [0.2, 0.25) is 0 Å². The van der Waals surface area contributed by atoms with E-state index in [4.69, 9.17) is 23.7 Å². The van der Waals surface area contributed by atoms with E-state index in [1.165, 1.54) is 0 Å². The minimum atomic E-state index is -0.629. The Labute approximate surface area is 121 Å². The summed E-state index contributed by atoms with van der Waals surface area (Å²) in [6, 6.07) is 0. The van der Waals surface area contributed by atoms with Crippen molar-refractivity contribution in [2.45, 2.75) is 70.0 Å². The van der Waals surface area contributed by atoms with E-state index in [0.717, 1.165) is 4.43 Å². The van der Waals surface area contributed by atoms with Crippen LogP contribution in [0.15, 0.2) is 0 Å². The molecule has 3 aliphatic heterocycles. The van der Waals surface area contributed by atoms with Crippen molar-refractivity contribution in [3.8, 4) is 0 Å². The van der Waals surface area contributed by atoms with Crippen LogP contribution in [0.1, 0.15) is 27.7 Å². The van der Waals surface area contributed by atoms with Crippen molar-refractivity contribution in [3.05, 3.63) is 0 Å². The zero-order chi connectivity index (χ0) is 13.1. The molecule has 5 nitrogen and oxygen atoms in total. The maximum atomic E-state index is 5.98. The number of halogens is 1. The van der Waals surface area contributed by atoms with Crippen molar-refractivity contribution >= 4 is 22.6 Å². The molecule has 3 saturated heterocycles. The third kappa shape index (κ3) is 2.20. The molecule has 6 heteroatoms. The van der Waals surface area contributed by atoms with Gasteiger partial charge in [-0.1, -0.05) is 22.6 Å². The molecule has 0 unspecified atom stereocenters. The summed E-state index contributed by atoms with van der Waals surface area (Å²) in [6.45, 7) is 7.63. The van der Waals surface area contributed by atoms with Crippen LogP contribution >= 0.6 is 22.6 Å². The highest BCUT2D eigenvalue weighted by atomic mass is 127. The second-order valence-corrected chi connectivity index (χ2v) is 6.74. The van der Waals surface area contributed by atoms with Crippen molar-refractivity contribution in [2.24, 2.45) is 0 Å². The van der Waals surface area contributed by atoms with Gasteiger partial charge in [0.25, 0.3) is 0 Å². The number of fused-ring (bicyclic) bond motifs is 3. The molecule has 0 spiro atoms. The van der Waals surface area contributed by atoms with Crippen molar-refractivity contribution < 1.29 is 23.7 Å². The summed E-state index contributed by atoms with van der Waals surface area (Å²) in [6.07, 6.45) is -0.809. The third-order valence-electron chi connectivity index (χ3n) is 3.40. The Kier molecular flexibility index (Phi) is 3.20. The number of rotatable bonds is 1. The lowest BCUT2D eigenvalue weighted by Crippen LogP contribution is -2.55. The molecule has 0 amide bonds. The number of alkyl halides is 1. The molecule has 0 aromatic heterocycles. The highest BCUT2D eigenvalue weighted by Gasteiger charge is 2.60. The van der Waals surface area contributed by atoms with Crippen molar-refractivity contribution in [1.29, 1.82) is 0 Å². The van der Waals surface area contributed by atoms with Gasteiger partial charge in [-0.05, 0) is 27.7 Å². The molecule has 18 heavy (non-hydrogen) atoms. The van der Waals surface area contributed by atoms with Crippen LogP contribution < -0.4 is 0 Å². The molecular weight excluding hydrogens is 351 g/mol. The number of hydrogen-bond donors (Lipinski definition) is 0. The zero-order valence-corrected chi connectivity index (χ0v) is 13.2. The maximum absolute atomic E-state index is 5.98. The molecule has 3 aliphatic rings. The van der Waals surface area contributed by atoms with Crippen molar-refractivity contribution in [3.63, 3.8) is 0 Å². The van der Waals surface area contributed by atoms with Gasteiger partial charge in [0, 0.05) is 4.43 Å². The normalized spacial score (nSPS) is 48.8. The van der Waals surface area contributed by atoms with E-state index in [2.05, 4.69) is 22.6 Å². The Bertz CT molecular complexity index is 345. The second kappa shape index (κ2) is 4.26. The van der Waals surface area contributed by atoms with E-state index in [0.29, 0.717) is 0 Å². The van der Waals surface area contributed by atoms with Gasteiger partial charge in [0.1, 0.15) is 18.3 Å². The van der Waals surface area contributed by atoms with Gasteiger partial charge in [0.2, 0.25) is 0 Å². The van der Waals surface area contributed by atoms with E-state index < -0.39 is 11.6 Å². The molecule has 3 heterocycles. The largest absolute Gasteiger partial charge is 0.343 e. The summed E-state index contributed by atoms with van der Waals surface area (Å²) < 4.78 is 30.4. The fraction of sp³-hybridized carbons (Fsp3) is 1.00. The molecule has 0 aromatic rings. The molecular formula is C12H19IO5. The standard InChI is InChI=1S/C12H19IO5/c1-11(2)15-7-6(5-13)14-10-9(8(7)16-11)17-12(3,4)18-10/h6-10H,5H2,1-4H3/t6-,7-,8+,9-,10-/m1/s1. The monoisotopic (exact) mass is 370 g/mol. The molecule has 0 aromatic carbocycles. The summed E-state index contributed by atoms with van der Waals surface area (Å²) in [4.78, 5) is 0. The quantitative estimate of drug-likeness (QED) is 0.521. The predicted octanol–water partition coefficient (Wildman–Crippen LogP) is 1.82. The zero-order valence-electron chi connectivity index (χ0n) is 11.0. The second-order valence-electron chi connectivity index (χ2n) is 5.86. The first-order chi connectivity index (χ1) is 8.31. The fourth-order valence-corrected chi connectivity index (χ4v) is 3.53. The SMILES string of the molecule is CC1(C)O[C@H]2O[C@H](CI)[C@H]3OC(C)(C)O[C@@H]3[C@H]2O1. The minimum absolute atomic E-state index is 0.0175. The van der Waals surface area contributed by atoms with Crippen LogP contribution in [0, 0.1) is 0 Å². The van der Waals surface area contributed by atoms with E-state index >= 15 is 0 Å². The first-order valence-corrected chi connectivity index (χ1v) is 7.77. The van der Waals surface area contributed by atoms with Crippen LogP contribution in [-0.4, -0.2) is 46.7 Å². The molecule has 104 valence electrons. The minimum Gasteiger partial charge on any atom is -0.343 e. The highest BCUT2D eigenvalue weighted by Crippen LogP contribution is 2.44. The molecule has 3 rings (SSSR count). The Balaban J connectivity index is 1.86. The molecule has 0 saturated carbocycles. The van der Waals surface area contributed by atoms with E-state index in [-0.39, 0.29) is 30.7 Å². The van der Waals surface area contributed by atoms with E-state index in [1.807, 2.05) is 27.7 Å². The Morgan fingerprint density at radius 2 is 1.39 bits per heavy atom. The lowest BCUT2D eigenvalue weighted by Gasteiger charge is -2.36. The summed E-state index contributed by atoms with van der Waals surface area (Å²) >= 11 is 2.30. The summed E-state index contributed by atoms with van der Waals surface area (Å²) in [5.74, 6) is -1.22. The van der Waals surface area contributed by atoms with E-state index in [1.54, 1.807) is 0 Å². The van der Waals surface area contributed by atoms with Crippen LogP contribution in [0.3, 0.4) is 0 Å². The number of hydrogen-bond acceptors (Lipinski definition) is 5. The van der Waals surface area contributed by atoms with Crippen LogP contribution in [0.4, 0.5) is 0 Å². The van der Waals surface area contributed by atoms with Crippen molar-refractivity contribution in [2.75, 3.05) is 4.43 Å². The van der Waals surface area contributed by atoms with Crippen LogP contribution in [0.25, 0.3) is 0 Å². The average molecular weight is 370 g/mol. The maximum Gasteiger partial charge on any atom is 0.190 e. The summed E-state index contributed by atoms with van der Waals surface area (Å²) in [5.41, 5.74) is 0. The average Bonchev–Trinajstić information content (AvgIpc) is 2.71. The topological polar surface area (TPSA) is 46.2 Å². The van der Waals surface area contributed by atoms with Gasteiger partial charge in [0.05, 0.1) is 6.10 Å². The van der Waals surface area contributed by atoms with Gasteiger partial charge < -0.3 is 23.7 Å². The smallest absolute Gasteiger partial charge is 0.190 e. The molecule has 3 fully saturated rings. The molecule has 0 bridgehead atoms. The Morgan fingerprint density at radius 3 is 2.06 bits per heavy atom. The first kappa shape index (κ1) is 13.5. The van der Waals surface area contributed by atoms with Gasteiger partial charge in [-0.3, -0.25) is 0 Å². The molecule has 0 aliphatic carbocycles. The Morgan fingerprint density at radius 1 is 0.833 bits per heavy atom. The first-order valence-electron chi connectivity index (χ1n) is 6.24. The predicted molar refractivity (Wildman–Crippen MR) is 71.4 cm³/mol. The van der Waals surface area contributed by atoms with E-state index in [9.17, 15) is 0 Å². The van der Waals surface area contributed by atoms with Crippen LogP contribution in [0.5, 0.6) is 0 Å². The van der Waals surface area contributed by atoms with Gasteiger partial charge in [-0.25, -0.2) is 0 Å². The summed E-state index contributed by atoms with van der Waals surface area (Å²) in [7, 11) is 0. The van der Waals surface area contributed by atoms with Gasteiger partial charge >= 0.3 is 0 Å². The molecule has 0 radical (unpaired) electrons.